The van der Waals surface area contributed by atoms with Crippen molar-refractivity contribution in [2.24, 2.45) is 5.92 Å². The van der Waals surface area contributed by atoms with Gasteiger partial charge in [0.2, 0.25) is 11.7 Å². The van der Waals surface area contributed by atoms with Gasteiger partial charge in [0.1, 0.15) is 18.0 Å². The predicted octanol–water partition coefficient (Wildman–Crippen LogP) is 3.07. The molecule has 8 rings (SSSR count). The predicted molar refractivity (Wildman–Crippen MR) is 217 cm³/mol. The smallest absolute Gasteiger partial charge is 0.315 e. The lowest BCUT2D eigenvalue weighted by Crippen LogP contribution is -2.49. The SMILES string of the molecule is O=C(NCCNC(=O)c1nc(NC(c2ccccc2)c2ccccc2)c2ncn([C@@H]3C[C@H](NC(=O)C4CCC4)[C@@H](O)[C@H]3O)c2n1)NC1CCN(c2ccccn2)CC1. The number of aliphatic hydroxyl groups is 2. The Morgan fingerprint density at radius 1 is 0.776 bits per heavy atom. The van der Waals surface area contributed by atoms with Crippen molar-refractivity contribution in [1.82, 2.24) is 45.8 Å². The van der Waals surface area contributed by atoms with Crippen LogP contribution in [0.5, 0.6) is 0 Å². The molecule has 1 saturated heterocycles. The molecule has 302 valence electrons. The average molecular weight is 788 g/mol. The molecule has 2 aliphatic carbocycles. The number of hydrogen-bond acceptors (Lipinski definition) is 11. The van der Waals surface area contributed by atoms with E-state index in [0.717, 1.165) is 62.1 Å². The number of nitrogens with one attached hydrogen (secondary N) is 5. The fourth-order valence-electron chi connectivity index (χ4n) is 8.01. The number of piperidine rings is 1. The Morgan fingerprint density at radius 3 is 2.12 bits per heavy atom. The van der Waals surface area contributed by atoms with Crippen LogP contribution in [0.15, 0.2) is 91.4 Å². The minimum Gasteiger partial charge on any atom is -0.388 e. The van der Waals surface area contributed by atoms with E-state index in [4.69, 9.17) is 0 Å². The number of carbonyl (C=O) groups excluding carboxylic acids is 3. The van der Waals surface area contributed by atoms with Crippen LogP contribution in [0.3, 0.4) is 0 Å². The van der Waals surface area contributed by atoms with E-state index in [0.29, 0.717) is 11.3 Å². The lowest BCUT2D eigenvalue weighted by molar-refractivity contribution is -0.129. The van der Waals surface area contributed by atoms with Gasteiger partial charge in [-0.15, -0.1) is 0 Å². The van der Waals surface area contributed by atoms with Crippen LogP contribution in [-0.4, -0.2) is 103 Å². The fraction of sp³-hybridized carbons (Fsp3) is 0.405. The molecule has 2 saturated carbocycles. The average Bonchev–Trinajstić information content (AvgIpc) is 3.78. The van der Waals surface area contributed by atoms with Crippen LogP contribution in [0.4, 0.5) is 16.4 Å². The Kier molecular flexibility index (Phi) is 11.7. The number of aromatic nitrogens is 5. The summed E-state index contributed by atoms with van der Waals surface area (Å²) in [7, 11) is 0. The zero-order valence-electron chi connectivity index (χ0n) is 32.1. The molecule has 0 radical (unpaired) electrons. The third kappa shape index (κ3) is 8.57. The van der Waals surface area contributed by atoms with Crippen molar-refractivity contribution in [3.05, 3.63) is 108 Å². The minimum absolute atomic E-state index is 0.0230. The Morgan fingerprint density at radius 2 is 1.47 bits per heavy atom. The Bertz CT molecular complexity index is 2140. The molecule has 7 N–H and O–H groups in total. The molecule has 0 spiro atoms. The van der Waals surface area contributed by atoms with Gasteiger partial charge < -0.3 is 46.3 Å². The van der Waals surface area contributed by atoms with E-state index in [2.05, 4.69) is 51.4 Å². The molecule has 4 atom stereocenters. The minimum atomic E-state index is -1.24. The second kappa shape index (κ2) is 17.6. The molecule has 4 amide bonds. The van der Waals surface area contributed by atoms with Gasteiger partial charge >= 0.3 is 6.03 Å². The van der Waals surface area contributed by atoms with E-state index in [1.807, 2.05) is 78.9 Å². The summed E-state index contributed by atoms with van der Waals surface area (Å²) < 4.78 is 1.65. The maximum atomic E-state index is 13.7. The van der Waals surface area contributed by atoms with Crippen molar-refractivity contribution in [2.75, 3.05) is 36.4 Å². The number of hydrogen-bond donors (Lipinski definition) is 7. The first kappa shape index (κ1) is 38.7. The molecule has 16 heteroatoms. The molecular formula is C42H49N11O5. The van der Waals surface area contributed by atoms with E-state index in [1.165, 1.54) is 6.33 Å². The Labute approximate surface area is 335 Å². The molecule has 58 heavy (non-hydrogen) atoms. The van der Waals surface area contributed by atoms with Gasteiger partial charge in [0.05, 0.1) is 24.5 Å². The topological polar surface area (TPSA) is 212 Å². The van der Waals surface area contributed by atoms with Crippen LogP contribution in [0.1, 0.15) is 72.4 Å². The van der Waals surface area contributed by atoms with Crippen LogP contribution >= 0.6 is 0 Å². The molecule has 2 aromatic carbocycles. The van der Waals surface area contributed by atoms with Crippen LogP contribution < -0.4 is 31.5 Å². The van der Waals surface area contributed by atoms with E-state index in [-0.39, 0.29) is 60.9 Å². The lowest BCUT2D eigenvalue weighted by atomic mass is 9.84. The summed E-state index contributed by atoms with van der Waals surface area (Å²) in [5.41, 5.74) is 2.54. The number of rotatable bonds is 13. The quantitative estimate of drug-likeness (QED) is 0.0863. The third-order valence-electron chi connectivity index (χ3n) is 11.5. The summed E-state index contributed by atoms with van der Waals surface area (Å²) in [5, 5.41) is 37.5. The standard InChI is InChI=1S/C42H49N11O5/c54-35-30(48-40(56)28-14-9-15-28)24-31(36(35)55)53-25-46-34-37(49-33(26-10-3-1-4-11-26)27-12-5-2-6-13-27)50-38(51-39(34)53)41(57)44-20-21-45-42(58)47-29-17-22-52(23-18-29)32-16-7-8-19-43-32/h1-8,10-13,16,19,25,28-31,33,35-36,54-55H,9,14-15,17-18,20-24H2,(H,44,57)(H,48,56)(H2,45,47,58)(H,49,50,51)/t30-,31+,35+,36-/m0/s1. The molecule has 3 aliphatic rings. The first-order valence-electron chi connectivity index (χ1n) is 20.1. The summed E-state index contributed by atoms with van der Waals surface area (Å²) in [6.07, 6.45) is 5.28. The first-order chi connectivity index (χ1) is 28.3. The van der Waals surface area contributed by atoms with Crippen molar-refractivity contribution in [2.45, 2.75) is 74.9 Å². The van der Waals surface area contributed by atoms with Gasteiger partial charge in [-0.25, -0.2) is 24.7 Å². The summed E-state index contributed by atoms with van der Waals surface area (Å²) in [6, 6.07) is 23.5. The van der Waals surface area contributed by atoms with Gasteiger partial charge in [-0.1, -0.05) is 73.2 Å². The number of fused-ring (bicyclic) bond motifs is 1. The van der Waals surface area contributed by atoms with Gasteiger partial charge in [-0.2, -0.15) is 0 Å². The van der Waals surface area contributed by atoms with Gasteiger partial charge in [-0.3, -0.25) is 9.59 Å². The number of aliphatic hydroxyl groups excluding tert-OH is 2. The van der Waals surface area contributed by atoms with Crippen molar-refractivity contribution in [3.63, 3.8) is 0 Å². The van der Waals surface area contributed by atoms with Gasteiger partial charge in [0.25, 0.3) is 5.91 Å². The maximum Gasteiger partial charge on any atom is 0.315 e. The summed E-state index contributed by atoms with van der Waals surface area (Å²) in [5.74, 6) is 0.304. The van der Waals surface area contributed by atoms with Crippen molar-refractivity contribution >= 4 is 40.6 Å². The lowest BCUT2D eigenvalue weighted by Gasteiger charge is -2.33. The number of imidazole rings is 1. The van der Waals surface area contributed by atoms with Gasteiger partial charge in [-0.05, 0) is 55.4 Å². The highest BCUT2D eigenvalue weighted by Gasteiger charge is 2.45. The number of nitrogens with zero attached hydrogens (tertiary/aromatic N) is 6. The van der Waals surface area contributed by atoms with Crippen LogP contribution in [-0.2, 0) is 4.79 Å². The van der Waals surface area contributed by atoms with E-state index in [9.17, 15) is 24.6 Å². The second-order valence-electron chi connectivity index (χ2n) is 15.3. The molecular weight excluding hydrogens is 739 g/mol. The first-order valence-corrected chi connectivity index (χ1v) is 20.1. The Balaban J connectivity index is 0.981. The molecule has 3 fully saturated rings. The molecule has 4 heterocycles. The van der Waals surface area contributed by atoms with E-state index in [1.54, 1.807) is 10.8 Å². The number of amides is 4. The number of urea groups is 1. The number of anilines is 2. The number of pyridine rings is 1. The molecule has 16 nitrogen and oxygen atoms in total. The maximum absolute atomic E-state index is 13.7. The molecule has 0 bridgehead atoms. The van der Waals surface area contributed by atoms with Crippen LogP contribution in [0.2, 0.25) is 0 Å². The van der Waals surface area contributed by atoms with Crippen LogP contribution in [0.25, 0.3) is 11.2 Å². The second-order valence-corrected chi connectivity index (χ2v) is 15.3. The van der Waals surface area contributed by atoms with E-state index < -0.39 is 30.2 Å². The number of benzene rings is 2. The summed E-state index contributed by atoms with van der Waals surface area (Å²) in [4.78, 5) is 59.9. The molecule has 1 aliphatic heterocycles. The monoisotopic (exact) mass is 787 g/mol. The highest BCUT2D eigenvalue weighted by atomic mass is 16.3. The Hall–Kier alpha value is -6.13. The largest absolute Gasteiger partial charge is 0.388 e. The highest BCUT2D eigenvalue weighted by Crippen LogP contribution is 2.36. The number of carbonyl (C=O) groups is 3. The molecule has 0 unspecified atom stereocenters. The molecule has 5 aromatic rings. The van der Waals surface area contributed by atoms with Crippen molar-refractivity contribution in [3.8, 4) is 0 Å². The summed E-state index contributed by atoms with van der Waals surface area (Å²) >= 11 is 0. The molecule has 3 aromatic heterocycles. The zero-order chi connectivity index (χ0) is 40.0. The fourth-order valence-corrected chi connectivity index (χ4v) is 8.01. The normalized spacial score (nSPS) is 21.1. The van der Waals surface area contributed by atoms with Gasteiger partial charge in [0, 0.05) is 44.3 Å². The van der Waals surface area contributed by atoms with Crippen molar-refractivity contribution < 1.29 is 24.6 Å². The van der Waals surface area contributed by atoms with Crippen LogP contribution in [0, 0.1) is 5.92 Å². The van der Waals surface area contributed by atoms with E-state index >= 15 is 0 Å². The zero-order valence-corrected chi connectivity index (χ0v) is 32.1. The highest BCUT2D eigenvalue weighted by molar-refractivity contribution is 5.94. The third-order valence-corrected chi connectivity index (χ3v) is 11.5. The van der Waals surface area contributed by atoms with Crippen molar-refractivity contribution in [1.29, 1.82) is 0 Å². The van der Waals surface area contributed by atoms with Gasteiger partial charge in [0.15, 0.2) is 17.0 Å². The summed E-state index contributed by atoms with van der Waals surface area (Å²) in [6.45, 7) is 1.85.